The van der Waals surface area contributed by atoms with Gasteiger partial charge in [-0.15, -0.1) is 0 Å². The Morgan fingerprint density at radius 3 is 1.45 bits per heavy atom. The van der Waals surface area contributed by atoms with Crippen molar-refractivity contribution in [3.8, 4) is 73.2 Å². The summed E-state index contributed by atoms with van der Waals surface area (Å²) in [6.07, 6.45) is 0. The highest BCUT2D eigenvalue weighted by atomic mass is 15.2. The van der Waals surface area contributed by atoms with Crippen LogP contribution in [-0.4, -0.2) is 24.1 Å². The van der Waals surface area contributed by atoms with Gasteiger partial charge in [0.2, 0.25) is 0 Å². The van der Waals surface area contributed by atoms with E-state index in [1.54, 1.807) is 0 Å². The lowest BCUT2D eigenvalue weighted by atomic mass is 9.95. The van der Waals surface area contributed by atoms with E-state index in [4.69, 9.17) is 15.1 Å². The lowest BCUT2D eigenvalue weighted by Gasteiger charge is -2.12. The van der Waals surface area contributed by atoms with E-state index in [-0.39, 0.29) is 0 Å². The van der Waals surface area contributed by atoms with E-state index in [2.05, 4.69) is 215 Å². The molecule has 5 nitrogen and oxygen atoms in total. The fraction of sp³-hybridized carbons (Fsp3) is 0. The van der Waals surface area contributed by atoms with Gasteiger partial charge in [0.15, 0.2) is 5.82 Å². The molecule has 4 heterocycles. The van der Waals surface area contributed by atoms with Crippen LogP contribution in [0.4, 0.5) is 0 Å². The molecule has 0 bridgehead atoms. The first kappa shape index (κ1) is 35.5. The Morgan fingerprint density at radius 1 is 0.355 bits per heavy atom. The van der Waals surface area contributed by atoms with E-state index in [1.165, 1.54) is 27.2 Å². The lowest BCUT2D eigenvalue weighted by Crippen LogP contribution is -1.97. The maximum absolute atomic E-state index is 5.40. The van der Waals surface area contributed by atoms with Gasteiger partial charge in [-0.05, 0) is 47.3 Å². The highest BCUT2D eigenvalue weighted by Crippen LogP contribution is 2.42. The fourth-order valence-electron chi connectivity index (χ4n) is 9.02. The Kier molecular flexibility index (Phi) is 8.42. The normalized spacial score (nSPS) is 11.5. The molecule has 4 aromatic heterocycles. The number of para-hydroxylation sites is 2. The van der Waals surface area contributed by atoms with Gasteiger partial charge in [0.1, 0.15) is 5.69 Å². The Balaban J connectivity index is 0.995. The molecule has 5 heteroatoms. The fourth-order valence-corrected chi connectivity index (χ4v) is 9.02. The van der Waals surface area contributed by atoms with Gasteiger partial charge in [-0.1, -0.05) is 188 Å². The van der Waals surface area contributed by atoms with Gasteiger partial charge in [0, 0.05) is 55.2 Å². The van der Waals surface area contributed by atoms with Gasteiger partial charge in [-0.2, -0.15) is 5.10 Å². The Morgan fingerprint density at radius 2 is 0.839 bits per heavy atom. The van der Waals surface area contributed by atoms with E-state index < -0.39 is 0 Å². The van der Waals surface area contributed by atoms with Crippen LogP contribution in [0, 0.1) is 0 Å². The summed E-state index contributed by atoms with van der Waals surface area (Å²) in [5.74, 6) is 0.683. The molecule has 0 amide bonds. The molecule has 0 saturated heterocycles. The minimum absolute atomic E-state index is 0.683. The van der Waals surface area contributed by atoms with Crippen molar-refractivity contribution in [1.82, 2.24) is 24.1 Å². The van der Waals surface area contributed by atoms with Crippen LogP contribution in [0.3, 0.4) is 0 Å². The van der Waals surface area contributed by atoms with Crippen molar-refractivity contribution in [1.29, 1.82) is 0 Å². The molecule has 0 aliphatic carbocycles. The molecule has 12 rings (SSSR count). The van der Waals surface area contributed by atoms with Crippen LogP contribution in [0.5, 0.6) is 0 Å². The number of hydrogen-bond acceptors (Lipinski definition) is 3. The summed E-state index contributed by atoms with van der Waals surface area (Å²) >= 11 is 0. The molecular weight excluding hydrogens is 755 g/mol. The maximum Gasteiger partial charge on any atom is 0.160 e. The first-order valence-electron chi connectivity index (χ1n) is 20.9. The van der Waals surface area contributed by atoms with Gasteiger partial charge in [0.05, 0.1) is 33.6 Å². The molecule has 8 aromatic carbocycles. The molecule has 0 unspecified atom stereocenters. The highest BCUT2D eigenvalue weighted by Gasteiger charge is 2.22. The second-order valence-electron chi connectivity index (χ2n) is 15.7. The Bertz CT molecular complexity index is 3540. The van der Waals surface area contributed by atoms with Gasteiger partial charge in [-0.3, -0.25) is 0 Å². The summed E-state index contributed by atoms with van der Waals surface area (Å²) in [5, 5.41) is 10.2. The van der Waals surface area contributed by atoms with E-state index in [1.807, 2.05) is 18.2 Å². The van der Waals surface area contributed by atoms with Crippen molar-refractivity contribution in [2.45, 2.75) is 0 Å². The summed E-state index contributed by atoms with van der Waals surface area (Å²) in [5.41, 5.74) is 15.6. The molecule has 0 aliphatic rings. The zero-order valence-corrected chi connectivity index (χ0v) is 33.6. The first-order chi connectivity index (χ1) is 30.7. The highest BCUT2D eigenvalue weighted by molar-refractivity contribution is 6.10. The third kappa shape index (κ3) is 5.98. The molecular formula is C57H37N5. The van der Waals surface area contributed by atoms with Gasteiger partial charge >= 0.3 is 0 Å². The molecule has 290 valence electrons. The van der Waals surface area contributed by atoms with Crippen LogP contribution in [0.2, 0.25) is 0 Å². The largest absolute Gasteiger partial charge is 0.309 e. The van der Waals surface area contributed by atoms with Crippen LogP contribution >= 0.6 is 0 Å². The second-order valence-corrected chi connectivity index (χ2v) is 15.7. The summed E-state index contributed by atoms with van der Waals surface area (Å²) in [7, 11) is 0. The predicted octanol–water partition coefficient (Wildman–Crippen LogP) is 14.4. The number of hydrogen-bond donors (Lipinski definition) is 0. The standard InChI is InChI=1S/C57H37N5/c1-4-16-40(17-5-1)53-36-44-22-10-11-23-46(44)56-54(55(60-62(53)56)42-18-6-2-7-19-42)41-30-28-38(29-31-41)49-37-50(59-57(58-49)43-20-8-3-9-21-43)39-32-34-45(35-33-39)61-51-26-14-12-24-47(51)48-25-13-15-27-52(48)61/h1-37H. The average molecular weight is 792 g/mol. The number of fused-ring (bicyclic) bond motifs is 6. The Labute approximate surface area is 358 Å². The molecule has 12 aromatic rings. The van der Waals surface area contributed by atoms with E-state index >= 15 is 0 Å². The van der Waals surface area contributed by atoms with Crippen LogP contribution in [0.15, 0.2) is 224 Å². The molecule has 0 N–H and O–H groups in total. The van der Waals surface area contributed by atoms with Crippen molar-refractivity contribution >= 4 is 38.1 Å². The number of rotatable bonds is 7. The van der Waals surface area contributed by atoms with Gasteiger partial charge < -0.3 is 4.57 Å². The summed E-state index contributed by atoms with van der Waals surface area (Å²) in [4.78, 5) is 10.4. The van der Waals surface area contributed by atoms with Gasteiger partial charge in [-0.25, -0.2) is 14.5 Å². The van der Waals surface area contributed by atoms with Crippen molar-refractivity contribution in [2.24, 2.45) is 0 Å². The van der Waals surface area contributed by atoms with Crippen molar-refractivity contribution in [2.75, 3.05) is 0 Å². The van der Waals surface area contributed by atoms with Crippen molar-refractivity contribution in [3.63, 3.8) is 0 Å². The summed E-state index contributed by atoms with van der Waals surface area (Å²) < 4.78 is 4.48. The number of nitrogens with zero attached hydrogens (tertiary/aromatic N) is 5. The topological polar surface area (TPSA) is 48.0 Å². The summed E-state index contributed by atoms with van der Waals surface area (Å²) in [6, 6.07) is 79.0. The van der Waals surface area contributed by atoms with E-state index in [0.29, 0.717) is 5.82 Å². The number of pyridine rings is 1. The minimum Gasteiger partial charge on any atom is -0.309 e. The van der Waals surface area contributed by atoms with Crippen molar-refractivity contribution in [3.05, 3.63) is 224 Å². The molecule has 0 saturated carbocycles. The molecule has 62 heavy (non-hydrogen) atoms. The first-order valence-corrected chi connectivity index (χ1v) is 20.9. The van der Waals surface area contributed by atoms with E-state index in [9.17, 15) is 0 Å². The van der Waals surface area contributed by atoms with Gasteiger partial charge in [0.25, 0.3) is 0 Å². The molecule has 0 atom stereocenters. The molecule has 0 spiro atoms. The molecule has 0 aliphatic heterocycles. The third-order valence-electron chi connectivity index (χ3n) is 12.0. The molecule has 0 fully saturated rings. The molecule has 0 radical (unpaired) electrons. The minimum atomic E-state index is 0.683. The van der Waals surface area contributed by atoms with Crippen LogP contribution in [0.1, 0.15) is 0 Å². The number of benzene rings is 8. The second kappa shape index (κ2) is 14.7. The average Bonchev–Trinajstić information content (AvgIpc) is 3.92. The SMILES string of the molecule is c1ccc(-c2nc(-c3ccc(-c4c(-c5ccccc5)nn5c(-c6ccccc6)cc6ccccc6c45)cc3)cc(-c3ccc(-n4c5ccccc5c5ccccc54)cc3)n2)cc1. The Hall–Kier alpha value is -8.41. The quantitative estimate of drug-likeness (QED) is 0.162. The number of aromatic nitrogens is 5. The van der Waals surface area contributed by atoms with Crippen molar-refractivity contribution < 1.29 is 0 Å². The summed E-state index contributed by atoms with van der Waals surface area (Å²) in [6.45, 7) is 0. The third-order valence-corrected chi connectivity index (χ3v) is 12.0. The lowest BCUT2D eigenvalue weighted by molar-refractivity contribution is 0.979. The maximum atomic E-state index is 5.40. The van der Waals surface area contributed by atoms with Crippen LogP contribution in [-0.2, 0) is 0 Å². The zero-order chi connectivity index (χ0) is 41.0. The van der Waals surface area contributed by atoms with E-state index in [0.717, 1.165) is 78.3 Å². The predicted molar refractivity (Wildman–Crippen MR) is 255 cm³/mol. The zero-order valence-electron chi connectivity index (χ0n) is 33.6. The monoisotopic (exact) mass is 791 g/mol. The van der Waals surface area contributed by atoms with Crippen LogP contribution < -0.4 is 0 Å². The smallest absolute Gasteiger partial charge is 0.160 e. The van der Waals surface area contributed by atoms with Crippen LogP contribution in [0.25, 0.3) is 111 Å².